The third-order valence-corrected chi connectivity index (χ3v) is 6.53. The van der Waals surface area contributed by atoms with Crippen LogP contribution in [0, 0.1) is 5.92 Å². The average Bonchev–Trinajstić information content (AvgIpc) is 3.35. The minimum atomic E-state index is -0.187. The van der Waals surface area contributed by atoms with Crippen LogP contribution in [0.5, 0.6) is 11.5 Å². The molecule has 3 aromatic rings. The molecule has 0 radical (unpaired) electrons. The lowest BCUT2D eigenvalue weighted by Gasteiger charge is -2.31. The summed E-state index contributed by atoms with van der Waals surface area (Å²) in [7, 11) is 0. The molecule has 8 heteroatoms. The fourth-order valence-corrected chi connectivity index (χ4v) is 4.58. The predicted octanol–water partition coefficient (Wildman–Crippen LogP) is 3.10. The van der Waals surface area contributed by atoms with Gasteiger partial charge in [0.15, 0.2) is 11.5 Å². The molecule has 5 rings (SSSR count). The Bertz CT molecular complexity index is 1260. The van der Waals surface area contributed by atoms with E-state index in [2.05, 4.69) is 10.6 Å². The van der Waals surface area contributed by atoms with Crippen molar-refractivity contribution in [3.05, 3.63) is 66.2 Å². The van der Waals surface area contributed by atoms with Crippen LogP contribution < -0.4 is 20.1 Å². The quantitative estimate of drug-likeness (QED) is 0.574. The molecular weight excluding hydrogens is 446 g/mol. The lowest BCUT2D eigenvalue weighted by atomic mass is 9.95. The molecular formula is C27H27N3O5. The van der Waals surface area contributed by atoms with Gasteiger partial charge in [-0.1, -0.05) is 42.5 Å². The molecule has 0 unspecified atom stereocenters. The highest BCUT2D eigenvalue weighted by molar-refractivity contribution is 5.94. The summed E-state index contributed by atoms with van der Waals surface area (Å²) in [5.74, 6) is 0.716. The standard InChI is InChI=1S/C27H27N3O5/c31-25(14-20-6-3-5-18-4-1-2-7-22(18)20)28-16-26(32)30-12-10-19(11-13-30)27(33)29-21-8-9-23-24(15-21)35-17-34-23/h1-9,15,19H,10-14,16-17H2,(H,28,31)(H,29,33). The maximum Gasteiger partial charge on any atom is 0.241 e. The molecule has 0 saturated carbocycles. The molecule has 0 aromatic heterocycles. The van der Waals surface area contributed by atoms with Crippen LogP contribution >= 0.6 is 0 Å². The maximum atomic E-state index is 12.7. The number of benzene rings is 3. The molecule has 0 aliphatic carbocycles. The zero-order chi connectivity index (χ0) is 24.2. The first-order chi connectivity index (χ1) is 17.1. The number of piperidine rings is 1. The van der Waals surface area contributed by atoms with Gasteiger partial charge in [-0.3, -0.25) is 14.4 Å². The smallest absolute Gasteiger partial charge is 0.241 e. The lowest BCUT2D eigenvalue weighted by Crippen LogP contribution is -2.45. The van der Waals surface area contributed by atoms with Crippen molar-refractivity contribution in [2.45, 2.75) is 19.3 Å². The van der Waals surface area contributed by atoms with E-state index in [9.17, 15) is 14.4 Å². The first kappa shape index (κ1) is 22.7. The summed E-state index contributed by atoms with van der Waals surface area (Å²) in [4.78, 5) is 39.5. The summed E-state index contributed by atoms with van der Waals surface area (Å²) >= 11 is 0. The number of carbonyl (C=O) groups excluding carboxylic acids is 3. The van der Waals surface area contributed by atoms with E-state index < -0.39 is 0 Å². The number of hydrogen-bond acceptors (Lipinski definition) is 5. The number of likely N-dealkylation sites (tertiary alicyclic amines) is 1. The van der Waals surface area contributed by atoms with Gasteiger partial charge in [-0.25, -0.2) is 0 Å². The van der Waals surface area contributed by atoms with Crippen molar-refractivity contribution < 1.29 is 23.9 Å². The zero-order valence-electron chi connectivity index (χ0n) is 19.3. The van der Waals surface area contributed by atoms with Crippen LogP contribution in [0.4, 0.5) is 5.69 Å². The average molecular weight is 474 g/mol. The van der Waals surface area contributed by atoms with Crippen molar-refractivity contribution in [2.75, 3.05) is 31.7 Å². The van der Waals surface area contributed by atoms with Crippen molar-refractivity contribution in [3.8, 4) is 11.5 Å². The number of nitrogens with zero attached hydrogens (tertiary/aromatic N) is 1. The first-order valence-corrected chi connectivity index (χ1v) is 11.8. The number of nitrogens with one attached hydrogen (secondary N) is 2. The normalized spacial score (nSPS) is 15.1. The minimum Gasteiger partial charge on any atom is -0.454 e. The van der Waals surface area contributed by atoms with Crippen LogP contribution in [0.3, 0.4) is 0 Å². The van der Waals surface area contributed by atoms with Gasteiger partial charge >= 0.3 is 0 Å². The second-order valence-corrected chi connectivity index (χ2v) is 8.80. The summed E-state index contributed by atoms with van der Waals surface area (Å²) < 4.78 is 10.6. The molecule has 2 aliphatic heterocycles. The summed E-state index contributed by atoms with van der Waals surface area (Å²) in [5, 5.41) is 7.80. The molecule has 180 valence electrons. The second kappa shape index (κ2) is 10.0. The van der Waals surface area contributed by atoms with Crippen LogP contribution in [0.2, 0.25) is 0 Å². The molecule has 0 atom stereocenters. The highest BCUT2D eigenvalue weighted by Crippen LogP contribution is 2.34. The van der Waals surface area contributed by atoms with Crippen molar-refractivity contribution in [3.63, 3.8) is 0 Å². The fourth-order valence-electron chi connectivity index (χ4n) is 4.58. The molecule has 3 aromatic carbocycles. The highest BCUT2D eigenvalue weighted by atomic mass is 16.7. The SMILES string of the molecule is O=C(Cc1cccc2ccccc12)NCC(=O)N1CCC(C(=O)Nc2ccc3c(c2)OCO3)CC1. The van der Waals surface area contributed by atoms with E-state index >= 15 is 0 Å². The van der Waals surface area contributed by atoms with Gasteiger partial charge in [-0.15, -0.1) is 0 Å². The number of carbonyl (C=O) groups is 3. The Morgan fingerprint density at radius 1 is 0.914 bits per heavy atom. The number of anilines is 1. The summed E-state index contributed by atoms with van der Waals surface area (Å²) in [6, 6.07) is 19.1. The van der Waals surface area contributed by atoms with Crippen molar-refractivity contribution in [1.82, 2.24) is 10.2 Å². The highest BCUT2D eigenvalue weighted by Gasteiger charge is 2.28. The molecule has 3 amide bonds. The largest absolute Gasteiger partial charge is 0.454 e. The molecule has 8 nitrogen and oxygen atoms in total. The molecule has 2 heterocycles. The van der Waals surface area contributed by atoms with E-state index in [0.29, 0.717) is 43.1 Å². The number of fused-ring (bicyclic) bond motifs is 2. The number of amides is 3. The molecule has 2 N–H and O–H groups in total. The number of ether oxygens (including phenoxy) is 2. The van der Waals surface area contributed by atoms with Crippen LogP contribution in [0.25, 0.3) is 10.8 Å². The van der Waals surface area contributed by atoms with Crippen molar-refractivity contribution in [1.29, 1.82) is 0 Å². The van der Waals surface area contributed by atoms with E-state index in [1.165, 1.54) is 0 Å². The van der Waals surface area contributed by atoms with E-state index in [-0.39, 0.29) is 43.4 Å². The van der Waals surface area contributed by atoms with Gasteiger partial charge in [0.1, 0.15) is 0 Å². The Morgan fingerprint density at radius 2 is 1.69 bits per heavy atom. The third-order valence-electron chi connectivity index (χ3n) is 6.53. The third kappa shape index (κ3) is 5.21. The molecule has 0 spiro atoms. The molecule has 35 heavy (non-hydrogen) atoms. The number of hydrogen-bond donors (Lipinski definition) is 2. The van der Waals surface area contributed by atoms with E-state index in [1.54, 1.807) is 23.1 Å². The summed E-state index contributed by atoms with van der Waals surface area (Å²) in [6.07, 6.45) is 1.37. The monoisotopic (exact) mass is 473 g/mol. The van der Waals surface area contributed by atoms with Gasteiger partial charge in [0.2, 0.25) is 24.5 Å². The summed E-state index contributed by atoms with van der Waals surface area (Å²) in [6.45, 7) is 1.11. The van der Waals surface area contributed by atoms with Crippen LogP contribution in [-0.2, 0) is 20.8 Å². The Hall–Kier alpha value is -4.07. The van der Waals surface area contributed by atoms with Gasteiger partial charge < -0.3 is 25.0 Å². The fraction of sp³-hybridized carbons (Fsp3) is 0.296. The van der Waals surface area contributed by atoms with Crippen LogP contribution in [0.15, 0.2) is 60.7 Å². The molecule has 1 saturated heterocycles. The van der Waals surface area contributed by atoms with E-state index in [4.69, 9.17) is 9.47 Å². The Kier molecular flexibility index (Phi) is 6.52. The Morgan fingerprint density at radius 3 is 2.54 bits per heavy atom. The van der Waals surface area contributed by atoms with Crippen LogP contribution in [0.1, 0.15) is 18.4 Å². The Labute approximate surface area is 203 Å². The molecule has 2 aliphatic rings. The maximum absolute atomic E-state index is 12.7. The van der Waals surface area contributed by atoms with Gasteiger partial charge in [-0.2, -0.15) is 0 Å². The van der Waals surface area contributed by atoms with Gasteiger partial charge in [-0.05, 0) is 41.3 Å². The van der Waals surface area contributed by atoms with Gasteiger partial charge in [0.05, 0.1) is 13.0 Å². The Balaban J connectivity index is 1.07. The molecule has 1 fully saturated rings. The van der Waals surface area contributed by atoms with Crippen molar-refractivity contribution in [2.24, 2.45) is 5.92 Å². The van der Waals surface area contributed by atoms with E-state index in [1.807, 2.05) is 42.5 Å². The molecule has 0 bridgehead atoms. The van der Waals surface area contributed by atoms with Crippen molar-refractivity contribution >= 4 is 34.2 Å². The first-order valence-electron chi connectivity index (χ1n) is 11.8. The van der Waals surface area contributed by atoms with E-state index in [0.717, 1.165) is 16.3 Å². The van der Waals surface area contributed by atoms with Crippen LogP contribution in [-0.4, -0.2) is 49.0 Å². The minimum absolute atomic E-state index is 0.0440. The van der Waals surface area contributed by atoms with Gasteiger partial charge in [0, 0.05) is 30.8 Å². The second-order valence-electron chi connectivity index (χ2n) is 8.80. The summed E-state index contributed by atoms with van der Waals surface area (Å²) in [5.41, 5.74) is 1.59. The zero-order valence-corrected chi connectivity index (χ0v) is 19.3. The topological polar surface area (TPSA) is 97.0 Å². The van der Waals surface area contributed by atoms with Gasteiger partial charge in [0.25, 0.3) is 0 Å². The predicted molar refractivity (Wildman–Crippen MR) is 131 cm³/mol. The lowest BCUT2D eigenvalue weighted by molar-refractivity contribution is -0.135. The number of rotatable bonds is 6.